The second-order valence-electron chi connectivity index (χ2n) is 2.94. The second-order valence-corrected chi connectivity index (χ2v) is 2.94. The Bertz CT molecular complexity index is 349. The molecule has 0 fully saturated rings. The van der Waals surface area contributed by atoms with Gasteiger partial charge in [0.1, 0.15) is 5.75 Å². The first kappa shape index (κ1) is 7.91. The number of hydrogen-bond donors (Lipinski definition) is 2. The van der Waals surface area contributed by atoms with Crippen LogP contribution in [0.25, 0.3) is 0 Å². The molecule has 13 heavy (non-hydrogen) atoms. The molecule has 1 aromatic rings. The minimum absolute atomic E-state index is 0.261. The number of fused-ring (bicyclic) bond motifs is 1. The number of amides is 1. The maximum absolute atomic E-state index is 10.6. The number of benzene rings is 1. The van der Waals surface area contributed by atoms with Crippen LogP contribution in [0, 0.1) is 0 Å². The zero-order valence-corrected chi connectivity index (χ0v) is 7.04. The van der Waals surface area contributed by atoms with E-state index in [1.807, 2.05) is 18.2 Å². The first-order valence-electron chi connectivity index (χ1n) is 4.03. The molecule has 0 unspecified atom stereocenters. The van der Waals surface area contributed by atoms with E-state index in [1.165, 1.54) is 0 Å². The molecule has 1 heterocycles. The molecule has 0 spiro atoms. The fourth-order valence-electron chi connectivity index (χ4n) is 1.33. The molecule has 0 aromatic heterocycles. The summed E-state index contributed by atoms with van der Waals surface area (Å²) >= 11 is 0. The summed E-state index contributed by atoms with van der Waals surface area (Å²) in [6.07, 6.45) is 0.261. The van der Waals surface area contributed by atoms with Crippen molar-refractivity contribution in [2.75, 3.05) is 12.0 Å². The van der Waals surface area contributed by atoms with Crippen molar-refractivity contribution in [3.8, 4) is 5.75 Å². The number of nitrogens with one attached hydrogen (secondary N) is 1. The largest absolute Gasteiger partial charge is 0.471 e. The molecule has 68 valence electrons. The third-order valence-corrected chi connectivity index (χ3v) is 1.91. The van der Waals surface area contributed by atoms with Crippen LogP contribution in [0.5, 0.6) is 5.75 Å². The molecule has 1 aliphatic heterocycles. The van der Waals surface area contributed by atoms with Crippen LogP contribution in [0.3, 0.4) is 0 Å². The molecule has 1 aliphatic rings. The Kier molecular flexibility index (Phi) is 1.81. The van der Waals surface area contributed by atoms with E-state index in [-0.39, 0.29) is 12.3 Å². The molecular formula is C9H10N2O2. The summed E-state index contributed by atoms with van der Waals surface area (Å²) in [5.74, 6) is 0.463. The van der Waals surface area contributed by atoms with E-state index >= 15 is 0 Å². The highest BCUT2D eigenvalue weighted by Crippen LogP contribution is 2.29. The maximum atomic E-state index is 10.6. The van der Waals surface area contributed by atoms with Crippen LogP contribution in [-0.2, 0) is 11.2 Å². The van der Waals surface area contributed by atoms with Gasteiger partial charge in [-0.3, -0.25) is 4.79 Å². The van der Waals surface area contributed by atoms with Gasteiger partial charge in [-0.25, -0.2) is 0 Å². The van der Waals surface area contributed by atoms with Crippen molar-refractivity contribution in [1.29, 1.82) is 0 Å². The molecule has 4 nitrogen and oxygen atoms in total. The Morgan fingerprint density at radius 3 is 3.23 bits per heavy atom. The van der Waals surface area contributed by atoms with Crippen molar-refractivity contribution < 1.29 is 9.53 Å². The molecular weight excluding hydrogens is 168 g/mol. The molecule has 0 bridgehead atoms. The molecule has 0 saturated heterocycles. The van der Waals surface area contributed by atoms with Gasteiger partial charge in [0.05, 0.1) is 12.1 Å². The van der Waals surface area contributed by atoms with E-state index in [1.54, 1.807) is 0 Å². The van der Waals surface area contributed by atoms with Crippen molar-refractivity contribution in [2.24, 2.45) is 5.73 Å². The van der Waals surface area contributed by atoms with Gasteiger partial charge >= 0.3 is 0 Å². The molecule has 0 aliphatic carbocycles. The van der Waals surface area contributed by atoms with Gasteiger partial charge in [0.25, 0.3) is 0 Å². The number of primary amides is 1. The SMILES string of the molecule is NC(=O)Cc1ccc2c(c1)OCN2. The number of rotatable bonds is 2. The summed E-state index contributed by atoms with van der Waals surface area (Å²) in [6.45, 7) is 0.495. The lowest BCUT2D eigenvalue weighted by Crippen LogP contribution is -2.13. The predicted molar refractivity (Wildman–Crippen MR) is 48.5 cm³/mol. The maximum Gasteiger partial charge on any atom is 0.221 e. The Morgan fingerprint density at radius 1 is 1.62 bits per heavy atom. The van der Waals surface area contributed by atoms with Gasteiger partial charge < -0.3 is 15.8 Å². The lowest BCUT2D eigenvalue weighted by atomic mass is 10.1. The Labute approximate surface area is 75.7 Å². The van der Waals surface area contributed by atoms with Gasteiger partial charge in [-0.15, -0.1) is 0 Å². The van der Waals surface area contributed by atoms with Crippen LogP contribution >= 0.6 is 0 Å². The van der Waals surface area contributed by atoms with Crippen molar-refractivity contribution in [3.63, 3.8) is 0 Å². The van der Waals surface area contributed by atoms with E-state index in [0.29, 0.717) is 6.73 Å². The number of carbonyl (C=O) groups is 1. The summed E-state index contributed by atoms with van der Waals surface area (Å²) in [7, 11) is 0. The van der Waals surface area contributed by atoms with E-state index in [2.05, 4.69) is 5.32 Å². The fraction of sp³-hybridized carbons (Fsp3) is 0.222. The van der Waals surface area contributed by atoms with Gasteiger partial charge in [-0.2, -0.15) is 0 Å². The van der Waals surface area contributed by atoms with Crippen molar-refractivity contribution in [1.82, 2.24) is 0 Å². The molecule has 4 heteroatoms. The van der Waals surface area contributed by atoms with Crippen molar-refractivity contribution in [2.45, 2.75) is 6.42 Å². The number of anilines is 1. The molecule has 3 N–H and O–H groups in total. The smallest absolute Gasteiger partial charge is 0.221 e. The standard InChI is InChI=1S/C9H10N2O2/c10-9(12)4-6-1-2-7-8(3-6)13-5-11-7/h1-3,11H,4-5H2,(H2,10,12). The van der Waals surface area contributed by atoms with Gasteiger partial charge in [0.15, 0.2) is 6.73 Å². The average molecular weight is 178 g/mol. The highest BCUT2D eigenvalue weighted by molar-refractivity contribution is 5.77. The lowest BCUT2D eigenvalue weighted by molar-refractivity contribution is -0.117. The summed E-state index contributed by atoms with van der Waals surface area (Å²) in [5, 5.41) is 3.04. The third kappa shape index (κ3) is 1.56. The van der Waals surface area contributed by atoms with E-state index in [9.17, 15) is 4.79 Å². The first-order chi connectivity index (χ1) is 6.25. The Balaban J connectivity index is 2.25. The monoisotopic (exact) mass is 178 g/mol. The number of nitrogens with two attached hydrogens (primary N) is 1. The van der Waals surface area contributed by atoms with E-state index < -0.39 is 0 Å². The van der Waals surface area contributed by atoms with Crippen LogP contribution in [0.4, 0.5) is 5.69 Å². The van der Waals surface area contributed by atoms with Crippen molar-refractivity contribution >= 4 is 11.6 Å². The van der Waals surface area contributed by atoms with Crippen LogP contribution in [0.15, 0.2) is 18.2 Å². The van der Waals surface area contributed by atoms with E-state index in [4.69, 9.17) is 10.5 Å². The topological polar surface area (TPSA) is 64.4 Å². The highest BCUT2D eigenvalue weighted by atomic mass is 16.5. The van der Waals surface area contributed by atoms with E-state index in [0.717, 1.165) is 17.0 Å². The molecule has 1 aromatic carbocycles. The van der Waals surface area contributed by atoms with Gasteiger partial charge in [0, 0.05) is 0 Å². The molecule has 2 rings (SSSR count). The lowest BCUT2D eigenvalue weighted by Gasteiger charge is -2.00. The molecule has 0 atom stereocenters. The number of ether oxygens (including phenoxy) is 1. The van der Waals surface area contributed by atoms with Crippen LogP contribution in [0.2, 0.25) is 0 Å². The minimum atomic E-state index is -0.328. The van der Waals surface area contributed by atoms with Crippen LogP contribution in [0.1, 0.15) is 5.56 Å². The zero-order valence-electron chi connectivity index (χ0n) is 7.04. The fourth-order valence-corrected chi connectivity index (χ4v) is 1.33. The van der Waals surface area contributed by atoms with Crippen LogP contribution in [-0.4, -0.2) is 12.6 Å². The van der Waals surface area contributed by atoms with Crippen molar-refractivity contribution in [3.05, 3.63) is 23.8 Å². The van der Waals surface area contributed by atoms with Gasteiger partial charge in [0.2, 0.25) is 5.91 Å². The second kappa shape index (κ2) is 2.97. The molecule has 0 radical (unpaired) electrons. The third-order valence-electron chi connectivity index (χ3n) is 1.91. The molecule has 1 amide bonds. The quantitative estimate of drug-likeness (QED) is 0.692. The number of carbonyl (C=O) groups excluding carboxylic acids is 1. The molecule has 0 saturated carbocycles. The predicted octanol–water partition coefficient (Wildman–Crippen LogP) is 0.476. The van der Waals surface area contributed by atoms with Gasteiger partial charge in [-0.1, -0.05) is 6.07 Å². The number of hydrogen-bond acceptors (Lipinski definition) is 3. The minimum Gasteiger partial charge on any atom is -0.471 e. The average Bonchev–Trinajstić information content (AvgIpc) is 2.49. The summed E-state index contributed by atoms with van der Waals surface area (Å²) in [4.78, 5) is 10.6. The zero-order chi connectivity index (χ0) is 9.26. The summed E-state index contributed by atoms with van der Waals surface area (Å²) in [6, 6.07) is 5.59. The summed E-state index contributed by atoms with van der Waals surface area (Å²) < 4.78 is 5.26. The van der Waals surface area contributed by atoms with Gasteiger partial charge in [-0.05, 0) is 17.7 Å². The normalized spacial score (nSPS) is 12.9. The highest BCUT2D eigenvalue weighted by Gasteiger charge is 2.11. The van der Waals surface area contributed by atoms with Crippen LogP contribution < -0.4 is 15.8 Å². The first-order valence-corrected chi connectivity index (χ1v) is 4.03. The Hall–Kier alpha value is -1.71. The Morgan fingerprint density at radius 2 is 2.46 bits per heavy atom. The summed E-state index contributed by atoms with van der Waals surface area (Å²) in [5.41, 5.74) is 6.92.